The van der Waals surface area contributed by atoms with E-state index in [4.69, 9.17) is 10.6 Å². The predicted molar refractivity (Wildman–Crippen MR) is 49.3 cm³/mol. The zero-order chi connectivity index (χ0) is 10.6. The largest absolute Gasteiger partial charge is 0.495 e. The van der Waals surface area contributed by atoms with Gasteiger partial charge >= 0.3 is 6.03 Å². The first-order chi connectivity index (χ1) is 6.67. The molecule has 0 aliphatic heterocycles. The van der Waals surface area contributed by atoms with Crippen molar-refractivity contribution in [3.8, 4) is 5.75 Å². The first-order valence-corrected chi connectivity index (χ1v) is 3.78. The third-order valence-electron chi connectivity index (χ3n) is 1.54. The Bertz CT molecular complexity index is 343. The van der Waals surface area contributed by atoms with Gasteiger partial charge in [-0.2, -0.15) is 0 Å². The number of rotatable bonds is 2. The van der Waals surface area contributed by atoms with Gasteiger partial charge in [0.25, 0.3) is 0 Å². The normalized spacial score (nSPS) is 9.36. The monoisotopic (exact) mass is 199 g/mol. The van der Waals surface area contributed by atoms with Crippen LogP contribution in [0.4, 0.5) is 14.9 Å². The molecule has 1 aromatic rings. The van der Waals surface area contributed by atoms with Gasteiger partial charge in [0.1, 0.15) is 11.6 Å². The van der Waals surface area contributed by atoms with Crippen LogP contribution in [0.15, 0.2) is 18.2 Å². The van der Waals surface area contributed by atoms with E-state index in [1.54, 1.807) is 0 Å². The summed E-state index contributed by atoms with van der Waals surface area (Å²) >= 11 is 0. The number of nitrogens with one attached hydrogen (secondary N) is 2. The minimum absolute atomic E-state index is 0.218. The summed E-state index contributed by atoms with van der Waals surface area (Å²) in [7, 11) is 1.42. The predicted octanol–water partition coefficient (Wildman–Crippen LogP) is 0.829. The van der Waals surface area contributed by atoms with E-state index in [0.717, 1.165) is 6.07 Å². The highest BCUT2D eigenvalue weighted by atomic mass is 19.1. The molecule has 0 radical (unpaired) electrons. The van der Waals surface area contributed by atoms with E-state index >= 15 is 0 Å². The van der Waals surface area contributed by atoms with Crippen molar-refractivity contribution in [1.82, 2.24) is 5.43 Å². The summed E-state index contributed by atoms with van der Waals surface area (Å²) in [5.41, 5.74) is 2.07. The summed E-state index contributed by atoms with van der Waals surface area (Å²) in [5.74, 6) is 4.74. The van der Waals surface area contributed by atoms with Crippen LogP contribution in [-0.2, 0) is 0 Å². The molecule has 0 spiro atoms. The molecule has 0 aromatic heterocycles. The molecule has 1 rings (SSSR count). The number of urea groups is 1. The first kappa shape index (κ1) is 10.3. The Labute approximate surface area is 80.0 Å². The topological polar surface area (TPSA) is 76.4 Å². The van der Waals surface area contributed by atoms with Gasteiger partial charge in [-0.05, 0) is 12.1 Å². The second kappa shape index (κ2) is 4.43. The van der Waals surface area contributed by atoms with E-state index < -0.39 is 11.8 Å². The highest BCUT2D eigenvalue weighted by Crippen LogP contribution is 2.24. The van der Waals surface area contributed by atoms with Gasteiger partial charge in [0.2, 0.25) is 0 Å². The molecule has 0 bridgehead atoms. The molecule has 2 amide bonds. The van der Waals surface area contributed by atoms with Crippen LogP contribution in [0.3, 0.4) is 0 Å². The van der Waals surface area contributed by atoms with Crippen molar-refractivity contribution in [1.29, 1.82) is 0 Å². The Hall–Kier alpha value is -1.82. The molecule has 6 heteroatoms. The second-order valence-corrected chi connectivity index (χ2v) is 2.44. The smallest absolute Gasteiger partial charge is 0.333 e. The maximum Gasteiger partial charge on any atom is 0.333 e. The number of anilines is 1. The number of benzene rings is 1. The van der Waals surface area contributed by atoms with Crippen molar-refractivity contribution >= 4 is 11.7 Å². The SMILES string of the molecule is COc1ccc(F)cc1NC(=O)NN. The summed E-state index contributed by atoms with van der Waals surface area (Å²) < 4.78 is 17.7. The number of methoxy groups -OCH3 is 1. The average molecular weight is 199 g/mol. The Morgan fingerprint density at radius 3 is 2.86 bits per heavy atom. The van der Waals surface area contributed by atoms with E-state index in [-0.39, 0.29) is 5.69 Å². The number of halogens is 1. The van der Waals surface area contributed by atoms with Crippen molar-refractivity contribution in [2.75, 3.05) is 12.4 Å². The van der Waals surface area contributed by atoms with Crippen LogP contribution in [0.25, 0.3) is 0 Å². The fourth-order valence-corrected chi connectivity index (χ4v) is 0.936. The third-order valence-corrected chi connectivity index (χ3v) is 1.54. The van der Waals surface area contributed by atoms with Crippen LogP contribution in [0, 0.1) is 5.82 Å². The van der Waals surface area contributed by atoms with Crippen molar-refractivity contribution in [3.05, 3.63) is 24.0 Å². The van der Waals surface area contributed by atoms with Gasteiger partial charge in [-0.15, -0.1) is 0 Å². The van der Waals surface area contributed by atoms with Crippen molar-refractivity contribution < 1.29 is 13.9 Å². The van der Waals surface area contributed by atoms with Crippen molar-refractivity contribution in [3.63, 3.8) is 0 Å². The summed E-state index contributed by atoms with van der Waals surface area (Å²) in [6.45, 7) is 0. The van der Waals surface area contributed by atoms with Crippen molar-refractivity contribution in [2.45, 2.75) is 0 Å². The number of carbonyl (C=O) groups is 1. The van der Waals surface area contributed by atoms with Crippen LogP contribution in [0.1, 0.15) is 0 Å². The van der Waals surface area contributed by atoms with E-state index in [0.29, 0.717) is 5.75 Å². The van der Waals surface area contributed by atoms with E-state index in [1.807, 2.05) is 5.43 Å². The Kier molecular flexibility index (Phi) is 3.24. The molecule has 5 nitrogen and oxygen atoms in total. The molecule has 0 unspecified atom stereocenters. The number of carbonyl (C=O) groups excluding carboxylic acids is 1. The summed E-state index contributed by atoms with van der Waals surface area (Å²) in [5, 5.41) is 2.31. The number of amides is 2. The first-order valence-electron chi connectivity index (χ1n) is 3.78. The molecule has 1 aromatic carbocycles. The van der Waals surface area contributed by atoms with E-state index in [1.165, 1.54) is 19.2 Å². The Morgan fingerprint density at radius 1 is 1.57 bits per heavy atom. The van der Waals surface area contributed by atoms with E-state index in [2.05, 4.69) is 5.32 Å². The van der Waals surface area contributed by atoms with E-state index in [9.17, 15) is 9.18 Å². The van der Waals surface area contributed by atoms with Gasteiger partial charge in [-0.3, -0.25) is 5.43 Å². The van der Waals surface area contributed by atoms with Crippen LogP contribution in [0.2, 0.25) is 0 Å². The summed E-state index contributed by atoms with van der Waals surface area (Å²) in [6, 6.07) is 3.12. The Morgan fingerprint density at radius 2 is 2.29 bits per heavy atom. The standard InChI is InChI=1S/C8H10FN3O2/c1-14-7-3-2-5(9)4-6(7)11-8(13)12-10/h2-4H,10H2,1H3,(H2,11,12,13). The number of hydrogen-bond donors (Lipinski definition) is 3. The van der Waals surface area contributed by atoms with Gasteiger partial charge in [0, 0.05) is 6.07 Å². The highest BCUT2D eigenvalue weighted by molar-refractivity contribution is 5.90. The number of hydrogen-bond acceptors (Lipinski definition) is 3. The van der Waals surface area contributed by atoms with Crippen LogP contribution in [-0.4, -0.2) is 13.1 Å². The van der Waals surface area contributed by atoms with Crippen LogP contribution < -0.4 is 21.3 Å². The molecule has 0 atom stereocenters. The van der Waals surface area contributed by atoms with Gasteiger partial charge in [-0.25, -0.2) is 15.0 Å². The molecule has 0 aliphatic rings. The summed E-state index contributed by atoms with van der Waals surface area (Å²) in [6.07, 6.45) is 0. The average Bonchev–Trinajstić information content (AvgIpc) is 2.18. The summed E-state index contributed by atoms with van der Waals surface area (Å²) in [4.78, 5) is 10.8. The molecule has 0 fully saturated rings. The molecule has 4 N–H and O–H groups in total. The minimum Gasteiger partial charge on any atom is -0.495 e. The second-order valence-electron chi connectivity index (χ2n) is 2.44. The maximum atomic E-state index is 12.8. The van der Waals surface area contributed by atoms with Gasteiger partial charge in [0.15, 0.2) is 0 Å². The zero-order valence-electron chi connectivity index (χ0n) is 7.50. The molecular formula is C8H10FN3O2. The van der Waals surface area contributed by atoms with Gasteiger partial charge in [0.05, 0.1) is 12.8 Å². The molecule has 0 saturated carbocycles. The zero-order valence-corrected chi connectivity index (χ0v) is 7.50. The quantitative estimate of drug-likeness (QED) is 0.375. The van der Waals surface area contributed by atoms with Gasteiger partial charge < -0.3 is 10.1 Å². The molecule has 76 valence electrons. The lowest BCUT2D eigenvalue weighted by Crippen LogP contribution is -2.34. The molecule has 14 heavy (non-hydrogen) atoms. The molecule has 0 heterocycles. The Balaban J connectivity index is 2.93. The minimum atomic E-state index is -0.645. The fraction of sp³-hybridized carbons (Fsp3) is 0.125. The fourth-order valence-electron chi connectivity index (χ4n) is 0.936. The molecule has 0 aliphatic carbocycles. The lowest BCUT2D eigenvalue weighted by molar-refractivity contribution is 0.252. The van der Waals surface area contributed by atoms with Crippen LogP contribution >= 0.6 is 0 Å². The third kappa shape index (κ3) is 2.33. The number of ether oxygens (including phenoxy) is 1. The van der Waals surface area contributed by atoms with Crippen LogP contribution in [0.5, 0.6) is 5.75 Å². The van der Waals surface area contributed by atoms with Crippen molar-refractivity contribution in [2.24, 2.45) is 5.84 Å². The maximum absolute atomic E-state index is 12.8. The lowest BCUT2D eigenvalue weighted by atomic mass is 10.3. The lowest BCUT2D eigenvalue weighted by Gasteiger charge is -2.09. The molecule has 0 saturated heterocycles. The number of hydrazine groups is 1. The molecular weight excluding hydrogens is 189 g/mol. The number of nitrogens with two attached hydrogens (primary N) is 1. The highest BCUT2D eigenvalue weighted by Gasteiger charge is 2.06. The van der Waals surface area contributed by atoms with Gasteiger partial charge in [-0.1, -0.05) is 0 Å².